The molecule has 1 amide bonds. The van der Waals surface area contributed by atoms with Crippen LogP contribution in [0.1, 0.15) is 42.5 Å². The zero-order chi connectivity index (χ0) is 12.8. The van der Waals surface area contributed by atoms with Crippen LogP contribution in [0.25, 0.3) is 0 Å². The van der Waals surface area contributed by atoms with Crippen LogP contribution in [0.2, 0.25) is 0 Å². The average Bonchev–Trinajstić information content (AvgIpc) is 2.47. The number of halogens is 1. The summed E-state index contributed by atoms with van der Waals surface area (Å²) in [6, 6.07) is 3.49. The normalized spacial score (nSPS) is 18.3. The summed E-state index contributed by atoms with van der Waals surface area (Å²) in [5.41, 5.74) is 0.937. The maximum absolute atomic E-state index is 12.0. The lowest BCUT2D eigenvalue weighted by atomic mass is 9.75. The van der Waals surface area contributed by atoms with Crippen molar-refractivity contribution in [2.24, 2.45) is 5.41 Å². The largest absolute Gasteiger partial charge is 0.351 e. The molecule has 0 radical (unpaired) electrons. The SMILES string of the molecule is O=C(NCC1(CBr)CCCCC1)c1ccncc1. The van der Waals surface area contributed by atoms with E-state index in [1.54, 1.807) is 24.5 Å². The van der Waals surface area contributed by atoms with Crippen LogP contribution in [0.5, 0.6) is 0 Å². The number of alkyl halides is 1. The predicted octanol–water partition coefficient (Wildman–Crippen LogP) is 3.16. The van der Waals surface area contributed by atoms with Crippen LogP contribution >= 0.6 is 15.9 Å². The minimum Gasteiger partial charge on any atom is -0.351 e. The van der Waals surface area contributed by atoms with Gasteiger partial charge in [-0.15, -0.1) is 0 Å². The number of carbonyl (C=O) groups is 1. The van der Waals surface area contributed by atoms with E-state index in [9.17, 15) is 4.79 Å². The van der Waals surface area contributed by atoms with Crippen LogP contribution in [0.3, 0.4) is 0 Å². The third-order valence-electron chi connectivity index (χ3n) is 3.76. The van der Waals surface area contributed by atoms with E-state index >= 15 is 0 Å². The Kier molecular flexibility index (Phi) is 4.75. The summed E-state index contributed by atoms with van der Waals surface area (Å²) in [6.45, 7) is 0.763. The second-order valence-corrected chi connectivity index (χ2v) is 5.67. The van der Waals surface area contributed by atoms with E-state index in [0.717, 1.165) is 11.9 Å². The van der Waals surface area contributed by atoms with Gasteiger partial charge in [0.05, 0.1) is 0 Å². The van der Waals surface area contributed by atoms with E-state index in [1.165, 1.54) is 32.1 Å². The molecule has 0 bridgehead atoms. The lowest BCUT2D eigenvalue weighted by Gasteiger charge is -2.35. The van der Waals surface area contributed by atoms with Crippen molar-refractivity contribution < 1.29 is 4.79 Å². The Morgan fingerprint density at radius 2 is 1.94 bits per heavy atom. The van der Waals surface area contributed by atoms with E-state index in [2.05, 4.69) is 26.2 Å². The fourth-order valence-electron chi connectivity index (χ4n) is 2.53. The van der Waals surface area contributed by atoms with Gasteiger partial charge in [0.15, 0.2) is 0 Å². The van der Waals surface area contributed by atoms with E-state index in [1.807, 2.05) is 0 Å². The van der Waals surface area contributed by atoms with Crippen molar-refractivity contribution in [3.8, 4) is 0 Å². The molecule has 3 nitrogen and oxygen atoms in total. The zero-order valence-electron chi connectivity index (χ0n) is 10.5. The van der Waals surface area contributed by atoms with Gasteiger partial charge in [-0.1, -0.05) is 35.2 Å². The molecule has 1 N–H and O–H groups in total. The number of pyridine rings is 1. The average molecular weight is 311 g/mol. The molecule has 1 fully saturated rings. The third kappa shape index (κ3) is 3.31. The first-order valence-electron chi connectivity index (χ1n) is 6.50. The molecule has 4 heteroatoms. The van der Waals surface area contributed by atoms with Gasteiger partial charge < -0.3 is 5.32 Å². The molecule has 0 aromatic carbocycles. The van der Waals surface area contributed by atoms with Gasteiger partial charge in [0.2, 0.25) is 0 Å². The fourth-order valence-corrected chi connectivity index (χ4v) is 3.29. The molecule has 0 aliphatic heterocycles. The highest BCUT2D eigenvalue weighted by atomic mass is 79.9. The topological polar surface area (TPSA) is 42.0 Å². The van der Waals surface area contributed by atoms with Gasteiger partial charge in [0, 0.05) is 29.8 Å². The maximum Gasteiger partial charge on any atom is 0.251 e. The Balaban J connectivity index is 1.92. The van der Waals surface area contributed by atoms with Gasteiger partial charge in [-0.05, 0) is 30.4 Å². The van der Waals surface area contributed by atoms with Crippen LogP contribution in [-0.4, -0.2) is 22.8 Å². The van der Waals surface area contributed by atoms with Crippen molar-refractivity contribution in [3.63, 3.8) is 0 Å². The highest BCUT2D eigenvalue weighted by Gasteiger charge is 2.31. The van der Waals surface area contributed by atoms with E-state index < -0.39 is 0 Å². The Morgan fingerprint density at radius 1 is 1.28 bits per heavy atom. The van der Waals surface area contributed by atoms with Crippen LogP contribution < -0.4 is 5.32 Å². The zero-order valence-corrected chi connectivity index (χ0v) is 12.1. The van der Waals surface area contributed by atoms with Gasteiger partial charge in [-0.25, -0.2) is 0 Å². The van der Waals surface area contributed by atoms with Crippen molar-refractivity contribution in [2.75, 3.05) is 11.9 Å². The van der Waals surface area contributed by atoms with Crippen molar-refractivity contribution in [1.29, 1.82) is 0 Å². The molecule has 18 heavy (non-hydrogen) atoms. The molecule has 0 spiro atoms. The molecule has 0 atom stereocenters. The standard InChI is InChI=1S/C14H19BrN2O/c15-10-14(6-2-1-3-7-14)11-17-13(18)12-4-8-16-9-5-12/h4-5,8-9H,1-3,6-7,10-11H2,(H,17,18). The summed E-state index contributed by atoms with van der Waals surface area (Å²) < 4.78 is 0. The number of nitrogens with zero attached hydrogens (tertiary/aromatic N) is 1. The number of hydrogen-bond acceptors (Lipinski definition) is 2. The molecule has 1 aliphatic rings. The third-order valence-corrected chi connectivity index (χ3v) is 4.95. The summed E-state index contributed by atoms with van der Waals surface area (Å²) in [6.07, 6.45) is 9.58. The summed E-state index contributed by atoms with van der Waals surface area (Å²) in [5, 5.41) is 4.03. The van der Waals surface area contributed by atoms with Gasteiger partial charge in [-0.2, -0.15) is 0 Å². The first-order valence-corrected chi connectivity index (χ1v) is 7.62. The molecule has 1 heterocycles. The lowest BCUT2D eigenvalue weighted by Crippen LogP contribution is -2.40. The molecule has 0 unspecified atom stereocenters. The molecule has 1 saturated carbocycles. The summed E-state index contributed by atoms with van der Waals surface area (Å²) >= 11 is 3.61. The second kappa shape index (κ2) is 6.32. The van der Waals surface area contributed by atoms with E-state index in [4.69, 9.17) is 0 Å². The number of aromatic nitrogens is 1. The monoisotopic (exact) mass is 310 g/mol. The number of rotatable bonds is 4. The smallest absolute Gasteiger partial charge is 0.251 e. The van der Waals surface area contributed by atoms with Crippen LogP contribution in [0.15, 0.2) is 24.5 Å². The van der Waals surface area contributed by atoms with Crippen LogP contribution in [0, 0.1) is 5.41 Å². The minimum atomic E-state index is 0.00305. The first-order chi connectivity index (χ1) is 8.76. The van der Waals surface area contributed by atoms with E-state index in [-0.39, 0.29) is 11.3 Å². The predicted molar refractivity (Wildman–Crippen MR) is 75.9 cm³/mol. The number of carbonyl (C=O) groups excluding carboxylic acids is 1. The Morgan fingerprint density at radius 3 is 2.56 bits per heavy atom. The summed E-state index contributed by atoms with van der Waals surface area (Å²) in [7, 11) is 0. The molecular weight excluding hydrogens is 292 g/mol. The van der Waals surface area contributed by atoms with Crippen molar-refractivity contribution in [3.05, 3.63) is 30.1 Å². The molecule has 1 aliphatic carbocycles. The first kappa shape index (κ1) is 13.5. The van der Waals surface area contributed by atoms with E-state index in [0.29, 0.717) is 5.56 Å². The van der Waals surface area contributed by atoms with Gasteiger partial charge in [0.25, 0.3) is 5.91 Å². The Hall–Kier alpha value is -0.900. The highest BCUT2D eigenvalue weighted by molar-refractivity contribution is 9.09. The second-order valence-electron chi connectivity index (χ2n) is 5.11. The summed E-state index contributed by atoms with van der Waals surface area (Å²) in [5.74, 6) is 0.00305. The maximum atomic E-state index is 12.0. The fraction of sp³-hybridized carbons (Fsp3) is 0.571. The molecule has 1 aromatic rings. The molecule has 98 valence electrons. The molecule has 1 aromatic heterocycles. The Bertz CT molecular complexity index is 388. The number of amides is 1. The number of hydrogen-bond donors (Lipinski definition) is 1. The van der Waals surface area contributed by atoms with Crippen molar-refractivity contribution in [1.82, 2.24) is 10.3 Å². The molecule has 2 rings (SSSR count). The van der Waals surface area contributed by atoms with Crippen LogP contribution in [0.4, 0.5) is 0 Å². The highest BCUT2D eigenvalue weighted by Crippen LogP contribution is 2.37. The quantitative estimate of drug-likeness (QED) is 0.868. The molecular formula is C14H19BrN2O. The van der Waals surface area contributed by atoms with Crippen LogP contribution in [-0.2, 0) is 0 Å². The Labute approximate surface area is 117 Å². The molecule has 0 saturated heterocycles. The van der Waals surface area contributed by atoms with Gasteiger partial charge in [-0.3, -0.25) is 9.78 Å². The van der Waals surface area contributed by atoms with Crippen molar-refractivity contribution >= 4 is 21.8 Å². The lowest BCUT2D eigenvalue weighted by molar-refractivity contribution is 0.0922. The van der Waals surface area contributed by atoms with Gasteiger partial charge >= 0.3 is 0 Å². The van der Waals surface area contributed by atoms with Crippen molar-refractivity contribution in [2.45, 2.75) is 32.1 Å². The number of nitrogens with one attached hydrogen (secondary N) is 1. The summed E-state index contributed by atoms with van der Waals surface area (Å²) in [4.78, 5) is 15.9. The minimum absolute atomic E-state index is 0.00305. The van der Waals surface area contributed by atoms with Gasteiger partial charge in [0.1, 0.15) is 0 Å².